The molecular formula is C25H30N2O6S. The van der Waals surface area contributed by atoms with E-state index in [9.17, 15) is 27.9 Å². The zero-order chi connectivity index (χ0) is 24.9. The Labute approximate surface area is 199 Å². The molecule has 1 fully saturated rings. The SMILES string of the molecule is CC(C)C(=O)Nc1ccc(C[C@H](NC(=O)C2CCCC2S(=O)(=O)c2ccccc2)C(=O)O)cc1. The predicted octanol–water partition coefficient (Wildman–Crippen LogP) is 3.04. The predicted molar refractivity (Wildman–Crippen MR) is 128 cm³/mol. The summed E-state index contributed by atoms with van der Waals surface area (Å²) in [6, 6.07) is 13.5. The Kier molecular flexibility index (Phi) is 8.09. The quantitative estimate of drug-likeness (QED) is 0.500. The van der Waals surface area contributed by atoms with E-state index in [4.69, 9.17) is 0 Å². The molecule has 2 amide bonds. The Balaban J connectivity index is 1.69. The Hall–Kier alpha value is -3.20. The number of hydrogen-bond acceptors (Lipinski definition) is 5. The first kappa shape index (κ1) is 25.4. The molecule has 34 heavy (non-hydrogen) atoms. The summed E-state index contributed by atoms with van der Waals surface area (Å²) in [5.74, 6) is -2.86. The number of rotatable bonds is 9. The van der Waals surface area contributed by atoms with Gasteiger partial charge in [-0.05, 0) is 42.7 Å². The summed E-state index contributed by atoms with van der Waals surface area (Å²) in [6.45, 7) is 3.56. The van der Waals surface area contributed by atoms with Gasteiger partial charge >= 0.3 is 5.97 Å². The number of carboxylic acids is 1. The molecule has 0 bridgehead atoms. The van der Waals surface area contributed by atoms with Crippen LogP contribution in [-0.4, -0.2) is 42.6 Å². The number of anilines is 1. The van der Waals surface area contributed by atoms with Crippen molar-refractivity contribution < 1.29 is 27.9 Å². The van der Waals surface area contributed by atoms with Crippen LogP contribution in [0.2, 0.25) is 0 Å². The summed E-state index contributed by atoms with van der Waals surface area (Å²) in [5.41, 5.74) is 1.26. The van der Waals surface area contributed by atoms with Crippen LogP contribution < -0.4 is 10.6 Å². The van der Waals surface area contributed by atoms with Gasteiger partial charge in [0.1, 0.15) is 6.04 Å². The number of carboxylic acid groups (broad SMARTS) is 1. The number of nitrogens with one attached hydrogen (secondary N) is 2. The maximum absolute atomic E-state index is 13.1. The van der Waals surface area contributed by atoms with E-state index < -0.39 is 38.9 Å². The zero-order valence-electron chi connectivity index (χ0n) is 19.2. The Morgan fingerprint density at radius 1 is 1.00 bits per heavy atom. The highest BCUT2D eigenvalue weighted by Crippen LogP contribution is 2.35. The van der Waals surface area contributed by atoms with E-state index in [1.165, 1.54) is 12.1 Å². The lowest BCUT2D eigenvalue weighted by atomic mass is 10.0. The van der Waals surface area contributed by atoms with Gasteiger partial charge < -0.3 is 15.7 Å². The molecule has 8 nitrogen and oxygen atoms in total. The number of carbonyl (C=O) groups excluding carboxylic acids is 2. The molecule has 3 atom stereocenters. The van der Waals surface area contributed by atoms with Gasteiger partial charge in [-0.15, -0.1) is 0 Å². The molecule has 3 N–H and O–H groups in total. The van der Waals surface area contributed by atoms with Crippen LogP contribution in [0.3, 0.4) is 0 Å². The van der Waals surface area contributed by atoms with Gasteiger partial charge in [-0.3, -0.25) is 9.59 Å². The van der Waals surface area contributed by atoms with Crippen LogP contribution >= 0.6 is 0 Å². The van der Waals surface area contributed by atoms with E-state index in [2.05, 4.69) is 10.6 Å². The van der Waals surface area contributed by atoms with Crippen LogP contribution in [0.25, 0.3) is 0 Å². The molecule has 1 aliphatic carbocycles. The Bertz CT molecular complexity index is 1130. The first-order valence-electron chi connectivity index (χ1n) is 11.3. The molecule has 0 heterocycles. The van der Waals surface area contributed by atoms with Gasteiger partial charge in [-0.2, -0.15) is 0 Å². The molecule has 2 aromatic carbocycles. The molecule has 0 spiro atoms. The lowest BCUT2D eigenvalue weighted by molar-refractivity contribution is -0.142. The van der Waals surface area contributed by atoms with Crippen LogP contribution in [0.1, 0.15) is 38.7 Å². The highest BCUT2D eigenvalue weighted by Gasteiger charge is 2.42. The van der Waals surface area contributed by atoms with Crippen molar-refractivity contribution in [1.29, 1.82) is 0 Å². The fraction of sp³-hybridized carbons (Fsp3) is 0.400. The highest BCUT2D eigenvalue weighted by atomic mass is 32.2. The number of amides is 2. The number of benzene rings is 2. The van der Waals surface area contributed by atoms with Gasteiger partial charge in [0.2, 0.25) is 11.8 Å². The minimum atomic E-state index is -3.71. The van der Waals surface area contributed by atoms with Crippen molar-refractivity contribution in [3.63, 3.8) is 0 Å². The van der Waals surface area contributed by atoms with Gasteiger partial charge in [0.05, 0.1) is 16.1 Å². The molecule has 1 saturated carbocycles. The van der Waals surface area contributed by atoms with E-state index in [-0.39, 0.29) is 23.1 Å². The molecular weight excluding hydrogens is 456 g/mol. The van der Waals surface area contributed by atoms with Gasteiger partial charge in [0.15, 0.2) is 9.84 Å². The molecule has 2 aromatic rings. The van der Waals surface area contributed by atoms with Crippen molar-refractivity contribution in [1.82, 2.24) is 5.32 Å². The molecule has 0 saturated heterocycles. The third-order valence-corrected chi connectivity index (χ3v) is 8.35. The number of sulfone groups is 1. The number of carbonyl (C=O) groups is 3. The fourth-order valence-electron chi connectivity index (χ4n) is 4.11. The molecule has 182 valence electrons. The van der Waals surface area contributed by atoms with E-state index in [0.29, 0.717) is 30.5 Å². The largest absolute Gasteiger partial charge is 0.480 e. The lowest BCUT2D eigenvalue weighted by Gasteiger charge is -2.22. The second kappa shape index (κ2) is 10.8. The minimum absolute atomic E-state index is 0.0301. The van der Waals surface area contributed by atoms with Crippen molar-refractivity contribution in [2.75, 3.05) is 5.32 Å². The summed E-state index contributed by atoms with van der Waals surface area (Å²) in [5, 5.41) is 14.1. The van der Waals surface area contributed by atoms with Gasteiger partial charge in [0.25, 0.3) is 0 Å². The second-order valence-corrected chi connectivity index (χ2v) is 11.0. The third kappa shape index (κ3) is 6.02. The maximum Gasteiger partial charge on any atom is 0.326 e. The van der Waals surface area contributed by atoms with Crippen LogP contribution in [0.5, 0.6) is 0 Å². The first-order valence-corrected chi connectivity index (χ1v) is 12.9. The maximum atomic E-state index is 13.1. The molecule has 3 rings (SSSR count). The van der Waals surface area contributed by atoms with Crippen LogP contribution in [-0.2, 0) is 30.6 Å². The van der Waals surface area contributed by atoms with Gasteiger partial charge in [0, 0.05) is 18.0 Å². The average Bonchev–Trinajstić information content (AvgIpc) is 3.31. The second-order valence-electron chi connectivity index (χ2n) is 8.88. The highest BCUT2D eigenvalue weighted by molar-refractivity contribution is 7.92. The molecule has 9 heteroatoms. The Morgan fingerprint density at radius 2 is 1.65 bits per heavy atom. The van der Waals surface area contributed by atoms with Crippen LogP contribution in [0, 0.1) is 11.8 Å². The zero-order valence-corrected chi connectivity index (χ0v) is 20.0. The van der Waals surface area contributed by atoms with E-state index in [1.807, 2.05) is 0 Å². The molecule has 0 aliphatic heterocycles. The summed E-state index contributed by atoms with van der Waals surface area (Å²) in [4.78, 5) is 36.8. The smallest absolute Gasteiger partial charge is 0.326 e. The van der Waals surface area contributed by atoms with Crippen LogP contribution in [0.4, 0.5) is 5.69 Å². The Morgan fingerprint density at radius 3 is 2.24 bits per heavy atom. The molecule has 1 aliphatic rings. The number of aliphatic carboxylic acids is 1. The third-order valence-electron chi connectivity index (χ3n) is 6.06. The minimum Gasteiger partial charge on any atom is -0.480 e. The van der Waals surface area contributed by atoms with Crippen molar-refractivity contribution in [3.05, 3.63) is 60.2 Å². The number of hydrogen-bond donors (Lipinski definition) is 3. The normalized spacial score (nSPS) is 18.9. The summed E-state index contributed by atoms with van der Waals surface area (Å²) >= 11 is 0. The molecule has 0 aromatic heterocycles. The van der Waals surface area contributed by atoms with E-state index in [1.54, 1.807) is 56.3 Å². The summed E-state index contributed by atoms with van der Waals surface area (Å²) in [6.07, 6.45) is 1.36. The fourth-order valence-corrected chi connectivity index (χ4v) is 6.16. The van der Waals surface area contributed by atoms with Crippen molar-refractivity contribution in [3.8, 4) is 0 Å². The van der Waals surface area contributed by atoms with Crippen LogP contribution in [0.15, 0.2) is 59.5 Å². The standard InChI is InChI=1S/C25H30N2O6S/c1-16(2)23(28)26-18-13-11-17(12-14-18)15-21(25(30)31)27-24(29)20-9-6-10-22(20)34(32,33)19-7-4-3-5-8-19/h3-5,7-8,11-14,16,20-22H,6,9-10,15H2,1-2H3,(H,26,28)(H,27,29)(H,30,31)/t20?,21-,22?/m0/s1. The lowest BCUT2D eigenvalue weighted by Crippen LogP contribution is -2.47. The van der Waals surface area contributed by atoms with Crippen molar-refractivity contribution >= 4 is 33.3 Å². The van der Waals surface area contributed by atoms with Crippen molar-refractivity contribution in [2.24, 2.45) is 11.8 Å². The topological polar surface area (TPSA) is 130 Å². The molecule has 2 unspecified atom stereocenters. The van der Waals surface area contributed by atoms with Gasteiger partial charge in [-0.25, -0.2) is 13.2 Å². The average molecular weight is 487 g/mol. The molecule has 0 radical (unpaired) electrons. The first-order chi connectivity index (χ1) is 16.1. The van der Waals surface area contributed by atoms with Crippen molar-refractivity contribution in [2.45, 2.75) is 55.7 Å². The van der Waals surface area contributed by atoms with E-state index >= 15 is 0 Å². The van der Waals surface area contributed by atoms with Gasteiger partial charge in [-0.1, -0.05) is 50.6 Å². The summed E-state index contributed by atoms with van der Waals surface area (Å²) < 4.78 is 26.2. The summed E-state index contributed by atoms with van der Waals surface area (Å²) in [7, 11) is -3.71. The van der Waals surface area contributed by atoms with E-state index in [0.717, 1.165) is 0 Å². The monoisotopic (exact) mass is 486 g/mol.